The molecule has 0 saturated heterocycles. The van der Waals surface area contributed by atoms with Crippen molar-refractivity contribution in [2.24, 2.45) is 5.73 Å². The predicted molar refractivity (Wildman–Crippen MR) is 86.8 cm³/mol. The zero-order valence-electron chi connectivity index (χ0n) is 11.2. The third-order valence-corrected chi connectivity index (χ3v) is 3.99. The third kappa shape index (κ3) is 3.88. The van der Waals surface area contributed by atoms with Gasteiger partial charge in [0, 0.05) is 19.2 Å². The first kappa shape index (κ1) is 14.7. The summed E-state index contributed by atoms with van der Waals surface area (Å²) in [6.45, 7) is 0.646. The van der Waals surface area contributed by atoms with Gasteiger partial charge in [0.15, 0.2) is 0 Å². The molecule has 1 aromatic heterocycles. The Morgan fingerprint density at radius 2 is 1.95 bits per heavy atom. The van der Waals surface area contributed by atoms with Crippen LogP contribution in [0.1, 0.15) is 16.7 Å². The molecular formula is C15H16N2OS2. The van der Waals surface area contributed by atoms with Gasteiger partial charge >= 0.3 is 0 Å². The van der Waals surface area contributed by atoms with Crippen LogP contribution in [0.25, 0.3) is 0 Å². The molecule has 0 bridgehead atoms. The van der Waals surface area contributed by atoms with E-state index in [4.69, 9.17) is 18.0 Å². The second kappa shape index (κ2) is 6.63. The maximum absolute atomic E-state index is 12.1. The molecule has 2 aromatic rings. The zero-order chi connectivity index (χ0) is 14.5. The van der Waals surface area contributed by atoms with E-state index in [1.807, 2.05) is 42.8 Å². The van der Waals surface area contributed by atoms with Crippen molar-refractivity contribution in [1.29, 1.82) is 0 Å². The van der Waals surface area contributed by atoms with Crippen LogP contribution in [0.2, 0.25) is 0 Å². The van der Waals surface area contributed by atoms with Crippen molar-refractivity contribution >= 4 is 34.5 Å². The fraction of sp³-hybridized carbons (Fsp3) is 0.200. The second-order valence-electron chi connectivity index (χ2n) is 4.62. The Hall–Kier alpha value is -1.72. The maximum atomic E-state index is 12.1. The Balaban J connectivity index is 1.95. The van der Waals surface area contributed by atoms with E-state index in [0.717, 1.165) is 16.7 Å². The molecule has 2 rings (SSSR count). The minimum atomic E-state index is 0.0966. The third-order valence-electron chi connectivity index (χ3n) is 3.02. The molecule has 2 N–H and O–H groups in total. The fourth-order valence-corrected chi connectivity index (χ4v) is 2.64. The van der Waals surface area contributed by atoms with Crippen LogP contribution in [0.3, 0.4) is 0 Å². The van der Waals surface area contributed by atoms with Crippen LogP contribution in [0.15, 0.2) is 41.1 Å². The van der Waals surface area contributed by atoms with Crippen LogP contribution in [0.4, 0.5) is 0 Å². The van der Waals surface area contributed by atoms with Crippen LogP contribution >= 0.6 is 23.6 Å². The van der Waals surface area contributed by atoms with Crippen LogP contribution in [-0.2, 0) is 17.8 Å². The van der Waals surface area contributed by atoms with Crippen molar-refractivity contribution in [2.75, 3.05) is 7.05 Å². The molecule has 1 aromatic carbocycles. The van der Waals surface area contributed by atoms with E-state index in [1.54, 1.807) is 16.2 Å². The van der Waals surface area contributed by atoms with Crippen molar-refractivity contribution < 1.29 is 4.79 Å². The first-order chi connectivity index (χ1) is 9.56. The van der Waals surface area contributed by atoms with Crippen molar-refractivity contribution in [3.8, 4) is 0 Å². The first-order valence-electron chi connectivity index (χ1n) is 6.20. The molecule has 0 fully saturated rings. The number of benzene rings is 1. The van der Waals surface area contributed by atoms with Gasteiger partial charge in [-0.25, -0.2) is 0 Å². The molecular weight excluding hydrogens is 288 g/mol. The highest BCUT2D eigenvalue weighted by molar-refractivity contribution is 7.80. The van der Waals surface area contributed by atoms with Crippen LogP contribution in [0, 0.1) is 0 Å². The van der Waals surface area contributed by atoms with Crippen molar-refractivity contribution in [2.45, 2.75) is 13.0 Å². The highest BCUT2D eigenvalue weighted by Crippen LogP contribution is 2.11. The van der Waals surface area contributed by atoms with Crippen LogP contribution in [-0.4, -0.2) is 22.8 Å². The van der Waals surface area contributed by atoms with E-state index in [1.165, 1.54) is 0 Å². The lowest BCUT2D eigenvalue weighted by Crippen LogP contribution is -2.27. The number of nitrogens with two attached hydrogens (primary N) is 1. The molecule has 1 amide bonds. The summed E-state index contributed by atoms with van der Waals surface area (Å²) in [5.74, 6) is 0.0966. The monoisotopic (exact) mass is 304 g/mol. The van der Waals surface area contributed by atoms with E-state index in [-0.39, 0.29) is 5.91 Å². The van der Waals surface area contributed by atoms with Gasteiger partial charge in [-0.05, 0) is 28.0 Å². The molecule has 0 saturated carbocycles. The van der Waals surface area contributed by atoms with Crippen molar-refractivity contribution in [3.63, 3.8) is 0 Å². The lowest BCUT2D eigenvalue weighted by Gasteiger charge is -2.16. The van der Waals surface area contributed by atoms with E-state index in [0.29, 0.717) is 18.0 Å². The Morgan fingerprint density at radius 1 is 1.25 bits per heavy atom. The normalized spacial score (nSPS) is 10.2. The highest BCUT2D eigenvalue weighted by Gasteiger charge is 2.10. The van der Waals surface area contributed by atoms with Gasteiger partial charge in [0.25, 0.3) is 0 Å². The molecule has 5 heteroatoms. The van der Waals surface area contributed by atoms with Gasteiger partial charge in [-0.15, -0.1) is 0 Å². The summed E-state index contributed by atoms with van der Waals surface area (Å²) in [7, 11) is 1.82. The summed E-state index contributed by atoms with van der Waals surface area (Å²) in [6, 6.07) is 9.52. The van der Waals surface area contributed by atoms with Crippen LogP contribution in [0.5, 0.6) is 0 Å². The molecule has 0 spiro atoms. The Labute approximate surface area is 128 Å². The van der Waals surface area contributed by atoms with Gasteiger partial charge in [-0.1, -0.05) is 36.5 Å². The van der Waals surface area contributed by atoms with E-state index in [2.05, 4.69) is 5.38 Å². The molecule has 20 heavy (non-hydrogen) atoms. The number of likely N-dealkylation sites (N-methyl/N-ethyl adjacent to an activating group) is 1. The summed E-state index contributed by atoms with van der Waals surface area (Å²) in [5, 5.41) is 4.07. The smallest absolute Gasteiger partial charge is 0.227 e. The fourth-order valence-electron chi connectivity index (χ4n) is 1.84. The average Bonchev–Trinajstić information content (AvgIpc) is 2.92. The lowest BCUT2D eigenvalue weighted by molar-refractivity contribution is -0.129. The summed E-state index contributed by atoms with van der Waals surface area (Å²) < 4.78 is 0. The first-order valence-corrected chi connectivity index (χ1v) is 7.55. The molecule has 0 aliphatic heterocycles. The molecule has 0 atom stereocenters. The number of amides is 1. The van der Waals surface area contributed by atoms with Gasteiger partial charge in [-0.3, -0.25) is 4.79 Å². The topological polar surface area (TPSA) is 46.3 Å². The number of thiocarbonyl (C=S) groups is 1. The van der Waals surface area contributed by atoms with Crippen molar-refractivity contribution in [3.05, 3.63) is 57.8 Å². The van der Waals surface area contributed by atoms with Gasteiger partial charge in [0.1, 0.15) is 4.99 Å². The van der Waals surface area contributed by atoms with Crippen LogP contribution < -0.4 is 5.73 Å². The maximum Gasteiger partial charge on any atom is 0.227 e. The van der Waals surface area contributed by atoms with Gasteiger partial charge in [0.2, 0.25) is 5.91 Å². The standard InChI is InChI=1S/C15H16N2OS2/c1-17(9-12-6-7-20-10-12)14(18)8-11-2-4-13(5-3-11)15(16)19/h2-7,10H,8-9H2,1H3,(H2,16,19). The molecule has 1 heterocycles. The van der Waals surface area contributed by atoms with E-state index in [9.17, 15) is 4.79 Å². The number of rotatable bonds is 5. The lowest BCUT2D eigenvalue weighted by atomic mass is 10.1. The van der Waals surface area contributed by atoms with Gasteiger partial charge < -0.3 is 10.6 Å². The number of carbonyl (C=O) groups excluding carboxylic acids is 1. The van der Waals surface area contributed by atoms with E-state index >= 15 is 0 Å². The summed E-state index contributed by atoms with van der Waals surface area (Å²) in [5.41, 5.74) is 8.50. The Kier molecular flexibility index (Phi) is 4.87. The van der Waals surface area contributed by atoms with Gasteiger partial charge in [0.05, 0.1) is 6.42 Å². The Morgan fingerprint density at radius 3 is 2.50 bits per heavy atom. The highest BCUT2D eigenvalue weighted by atomic mass is 32.1. The predicted octanol–water partition coefficient (Wildman–Crippen LogP) is 2.58. The van der Waals surface area contributed by atoms with E-state index < -0.39 is 0 Å². The molecule has 3 nitrogen and oxygen atoms in total. The quantitative estimate of drug-likeness (QED) is 0.864. The minimum Gasteiger partial charge on any atom is -0.389 e. The molecule has 0 radical (unpaired) electrons. The second-order valence-corrected chi connectivity index (χ2v) is 5.84. The number of nitrogens with zero attached hydrogens (tertiary/aromatic N) is 1. The largest absolute Gasteiger partial charge is 0.389 e. The zero-order valence-corrected chi connectivity index (χ0v) is 12.8. The molecule has 0 unspecified atom stereocenters. The molecule has 104 valence electrons. The Bertz CT molecular complexity index is 591. The van der Waals surface area contributed by atoms with Gasteiger partial charge in [-0.2, -0.15) is 11.3 Å². The summed E-state index contributed by atoms with van der Waals surface area (Å²) >= 11 is 6.54. The number of thiophene rings is 1. The molecule has 0 aliphatic carbocycles. The summed E-state index contributed by atoms with van der Waals surface area (Å²) in [6.07, 6.45) is 0.387. The number of carbonyl (C=O) groups is 1. The number of hydrogen-bond acceptors (Lipinski definition) is 3. The summed E-state index contributed by atoms with van der Waals surface area (Å²) in [4.78, 5) is 14.2. The minimum absolute atomic E-state index is 0.0966. The molecule has 0 aliphatic rings. The average molecular weight is 304 g/mol. The van der Waals surface area contributed by atoms with Crippen molar-refractivity contribution in [1.82, 2.24) is 4.90 Å². The SMILES string of the molecule is CN(Cc1ccsc1)C(=O)Cc1ccc(C(N)=S)cc1. The number of hydrogen-bond donors (Lipinski definition) is 1.